The van der Waals surface area contributed by atoms with Crippen molar-refractivity contribution in [1.82, 2.24) is 4.90 Å². The summed E-state index contributed by atoms with van der Waals surface area (Å²) in [5, 5.41) is 0. The van der Waals surface area contributed by atoms with Crippen LogP contribution in [0.4, 0.5) is 11.4 Å². The van der Waals surface area contributed by atoms with Gasteiger partial charge in [-0.25, -0.2) is 0 Å². The van der Waals surface area contributed by atoms with Crippen LogP contribution in [0.5, 0.6) is 11.5 Å². The highest BCUT2D eigenvalue weighted by Gasteiger charge is 2.21. The number of hydrogen-bond donors (Lipinski definition) is 0. The number of unbranched alkanes of at least 4 members (excludes halogenated alkanes) is 1. The molecule has 5 nitrogen and oxygen atoms in total. The maximum atomic E-state index is 5.73. The number of rotatable bonds is 7. The van der Waals surface area contributed by atoms with Crippen LogP contribution in [-0.4, -0.2) is 58.0 Å². The second-order valence-electron chi connectivity index (χ2n) is 7.21. The van der Waals surface area contributed by atoms with Gasteiger partial charge in [-0.2, -0.15) is 0 Å². The lowest BCUT2D eigenvalue weighted by atomic mass is 10.2. The van der Waals surface area contributed by atoms with Crippen LogP contribution in [0, 0.1) is 0 Å². The summed E-state index contributed by atoms with van der Waals surface area (Å²) >= 11 is 0. The first-order chi connectivity index (χ1) is 13.3. The lowest BCUT2D eigenvalue weighted by Gasteiger charge is -2.36. The van der Waals surface area contributed by atoms with Gasteiger partial charge in [0, 0.05) is 32.7 Å². The summed E-state index contributed by atoms with van der Waals surface area (Å²) in [5.41, 5.74) is 2.45. The van der Waals surface area contributed by atoms with Gasteiger partial charge in [0.2, 0.25) is 0 Å². The van der Waals surface area contributed by atoms with E-state index in [0.29, 0.717) is 6.73 Å². The Labute approximate surface area is 162 Å². The van der Waals surface area contributed by atoms with Gasteiger partial charge in [0.25, 0.3) is 0 Å². The summed E-state index contributed by atoms with van der Waals surface area (Å²) in [5.74, 6) is 1.99. The second kappa shape index (κ2) is 8.53. The maximum absolute atomic E-state index is 5.73. The number of hydrogen-bond acceptors (Lipinski definition) is 5. The third-order valence-corrected chi connectivity index (χ3v) is 5.53. The van der Waals surface area contributed by atoms with Crippen molar-refractivity contribution in [3.05, 3.63) is 48.5 Å². The lowest BCUT2D eigenvalue weighted by Crippen LogP contribution is -2.46. The fourth-order valence-electron chi connectivity index (χ4n) is 3.98. The average molecular weight is 367 g/mol. The third kappa shape index (κ3) is 4.14. The van der Waals surface area contributed by atoms with Crippen molar-refractivity contribution in [3.8, 4) is 11.5 Å². The summed E-state index contributed by atoms with van der Waals surface area (Å²) < 4.78 is 11.2. The van der Waals surface area contributed by atoms with Crippen molar-refractivity contribution in [3.63, 3.8) is 0 Å². The van der Waals surface area contributed by atoms with Crippen molar-refractivity contribution in [1.29, 1.82) is 0 Å². The van der Waals surface area contributed by atoms with Crippen molar-refractivity contribution in [2.45, 2.75) is 12.8 Å². The van der Waals surface area contributed by atoms with E-state index < -0.39 is 0 Å². The molecule has 2 aromatic carbocycles. The number of piperazine rings is 1. The Bertz CT molecular complexity index is 744. The summed E-state index contributed by atoms with van der Waals surface area (Å²) in [6.07, 6.45) is 2.43. The molecule has 0 amide bonds. The zero-order valence-electron chi connectivity index (χ0n) is 16.1. The fourth-order valence-corrected chi connectivity index (χ4v) is 3.98. The number of anilines is 2. The Morgan fingerprint density at radius 2 is 1.56 bits per heavy atom. The Kier molecular flexibility index (Phi) is 5.68. The van der Waals surface area contributed by atoms with Gasteiger partial charge in [-0.15, -0.1) is 0 Å². The molecule has 1 saturated heterocycles. The van der Waals surface area contributed by atoms with Gasteiger partial charge in [-0.3, -0.25) is 4.90 Å². The van der Waals surface area contributed by atoms with Crippen molar-refractivity contribution in [2.24, 2.45) is 0 Å². The highest BCUT2D eigenvalue weighted by Crippen LogP contribution is 2.33. The Hall–Kier alpha value is -2.40. The molecule has 0 saturated carbocycles. The van der Waals surface area contributed by atoms with Gasteiger partial charge in [0.05, 0.1) is 18.5 Å². The van der Waals surface area contributed by atoms with Crippen LogP contribution in [0.3, 0.4) is 0 Å². The van der Waals surface area contributed by atoms with E-state index in [-0.39, 0.29) is 0 Å². The van der Waals surface area contributed by atoms with E-state index in [2.05, 4.69) is 45.0 Å². The topological polar surface area (TPSA) is 28.2 Å². The van der Waals surface area contributed by atoms with E-state index in [4.69, 9.17) is 9.47 Å². The normalized spacial score (nSPS) is 16.9. The molecular formula is C22H29N3O2. The number of nitrogens with zero attached hydrogens (tertiary/aromatic N) is 3. The molecule has 0 spiro atoms. The van der Waals surface area contributed by atoms with Crippen LogP contribution in [-0.2, 0) is 0 Å². The first kappa shape index (κ1) is 18.0. The van der Waals surface area contributed by atoms with Gasteiger partial charge in [-0.05, 0) is 43.7 Å². The van der Waals surface area contributed by atoms with Gasteiger partial charge >= 0.3 is 0 Å². The molecule has 0 radical (unpaired) electrons. The highest BCUT2D eigenvalue weighted by atomic mass is 16.5. The molecule has 0 atom stereocenters. The number of ether oxygens (including phenoxy) is 2. The molecule has 2 aliphatic rings. The third-order valence-electron chi connectivity index (χ3n) is 5.53. The Morgan fingerprint density at radius 3 is 2.37 bits per heavy atom. The first-order valence-corrected chi connectivity index (χ1v) is 9.92. The minimum absolute atomic E-state index is 0.691. The van der Waals surface area contributed by atoms with Crippen molar-refractivity contribution in [2.75, 3.05) is 62.9 Å². The zero-order chi connectivity index (χ0) is 18.5. The van der Waals surface area contributed by atoms with Crippen molar-refractivity contribution < 1.29 is 9.47 Å². The minimum atomic E-state index is 0.691. The van der Waals surface area contributed by atoms with E-state index in [0.717, 1.165) is 44.2 Å². The van der Waals surface area contributed by atoms with Crippen LogP contribution in [0.2, 0.25) is 0 Å². The number of para-hydroxylation sites is 4. The van der Waals surface area contributed by atoms with Crippen LogP contribution in [0.25, 0.3) is 0 Å². The zero-order valence-corrected chi connectivity index (χ0v) is 16.1. The smallest absolute Gasteiger partial charge is 0.161 e. The molecule has 4 rings (SSSR count). The Morgan fingerprint density at radius 1 is 0.852 bits per heavy atom. The molecule has 5 heteroatoms. The lowest BCUT2D eigenvalue weighted by molar-refractivity contribution is 0.252. The van der Waals surface area contributed by atoms with Crippen LogP contribution >= 0.6 is 0 Å². The average Bonchev–Trinajstić information content (AvgIpc) is 3.15. The van der Waals surface area contributed by atoms with Gasteiger partial charge in [-0.1, -0.05) is 24.3 Å². The molecule has 0 aliphatic carbocycles. The van der Waals surface area contributed by atoms with E-state index in [1.54, 1.807) is 7.11 Å². The second-order valence-corrected chi connectivity index (χ2v) is 7.21. The summed E-state index contributed by atoms with van der Waals surface area (Å²) in [6.45, 7) is 7.30. The maximum Gasteiger partial charge on any atom is 0.161 e. The monoisotopic (exact) mass is 367 g/mol. The fraction of sp³-hybridized carbons (Fsp3) is 0.455. The van der Waals surface area contributed by atoms with Crippen LogP contribution < -0.4 is 19.3 Å². The number of fused-ring (bicyclic) bond motifs is 1. The number of benzene rings is 2. The predicted molar refractivity (Wildman–Crippen MR) is 110 cm³/mol. The predicted octanol–water partition coefficient (Wildman–Crippen LogP) is 3.45. The van der Waals surface area contributed by atoms with Gasteiger partial charge in [0.15, 0.2) is 6.73 Å². The Balaban J connectivity index is 1.18. The van der Waals surface area contributed by atoms with E-state index in [1.807, 2.05) is 18.2 Å². The van der Waals surface area contributed by atoms with E-state index in [9.17, 15) is 0 Å². The largest absolute Gasteiger partial charge is 0.495 e. The molecule has 144 valence electrons. The molecule has 2 aromatic rings. The van der Waals surface area contributed by atoms with E-state index in [1.165, 1.54) is 30.8 Å². The first-order valence-electron chi connectivity index (χ1n) is 9.92. The molecule has 2 heterocycles. The summed E-state index contributed by atoms with van der Waals surface area (Å²) in [4.78, 5) is 7.36. The molecule has 2 aliphatic heterocycles. The SMILES string of the molecule is COc1ccccc1N1CCN(CCCCN2COc3ccccc32)CC1. The van der Waals surface area contributed by atoms with Crippen molar-refractivity contribution >= 4 is 11.4 Å². The summed E-state index contributed by atoms with van der Waals surface area (Å²) in [7, 11) is 1.75. The molecular weight excluding hydrogens is 338 g/mol. The molecule has 0 unspecified atom stereocenters. The van der Waals surface area contributed by atoms with Gasteiger partial charge in [0.1, 0.15) is 11.5 Å². The summed E-state index contributed by atoms with van der Waals surface area (Å²) in [6, 6.07) is 16.6. The highest BCUT2D eigenvalue weighted by molar-refractivity contribution is 5.61. The molecule has 0 bridgehead atoms. The molecule has 0 aromatic heterocycles. The van der Waals surface area contributed by atoms with Gasteiger partial charge < -0.3 is 19.3 Å². The van der Waals surface area contributed by atoms with E-state index >= 15 is 0 Å². The molecule has 1 fully saturated rings. The quantitative estimate of drug-likeness (QED) is 0.699. The van der Waals surface area contributed by atoms with Crippen LogP contribution in [0.1, 0.15) is 12.8 Å². The molecule has 0 N–H and O–H groups in total. The molecule has 27 heavy (non-hydrogen) atoms. The number of methoxy groups -OCH3 is 1. The van der Waals surface area contributed by atoms with Crippen LogP contribution in [0.15, 0.2) is 48.5 Å². The standard InChI is InChI=1S/C22H29N3O2/c1-26-21-10-4-2-8-19(21)24-16-14-23(15-17-24)12-6-7-13-25-18-27-22-11-5-3-9-20(22)25/h2-5,8-11H,6-7,12-18H2,1H3. The minimum Gasteiger partial charge on any atom is -0.495 e.